The number of aryl methyl sites for hydroxylation is 1. The number of amides is 1. The van der Waals surface area contributed by atoms with E-state index in [0.29, 0.717) is 25.6 Å². The number of carbonyl (C=O) groups is 1. The van der Waals surface area contributed by atoms with Crippen molar-refractivity contribution in [2.45, 2.75) is 20.3 Å². The summed E-state index contributed by atoms with van der Waals surface area (Å²) in [5.74, 6) is 1.44. The molecule has 1 saturated heterocycles. The van der Waals surface area contributed by atoms with E-state index in [9.17, 15) is 4.79 Å². The van der Waals surface area contributed by atoms with Crippen LogP contribution in [0.2, 0.25) is 0 Å². The molecule has 1 N–H and O–H groups in total. The number of rotatable bonds is 5. The highest BCUT2D eigenvalue weighted by atomic mass is 16.6. The van der Waals surface area contributed by atoms with Gasteiger partial charge < -0.3 is 19.9 Å². The zero-order chi connectivity index (χ0) is 18.4. The van der Waals surface area contributed by atoms with Gasteiger partial charge in [0.2, 0.25) is 5.95 Å². The van der Waals surface area contributed by atoms with E-state index >= 15 is 0 Å². The van der Waals surface area contributed by atoms with E-state index in [0.717, 1.165) is 31.0 Å². The van der Waals surface area contributed by atoms with Gasteiger partial charge in [-0.3, -0.25) is 0 Å². The fourth-order valence-electron chi connectivity index (χ4n) is 2.99. The minimum absolute atomic E-state index is 0.242. The Morgan fingerprint density at radius 3 is 2.65 bits per heavy atom. The molecular weight excluding hydrogens is 330 g/mol. The number of piperazine rings is 1. The first-order chi connectivity index (χ1) is 12.7. The van der Waals surface area contributed by atoms with Crippen LogP contribution in [0.25, 0.3) is 0 Å². The molecule has 0 spiro atoms. The maximum Gasteiger partial charge on any atom is 0.409 e. The number of para-hydroxylation sites is 1. The van der Waals surface area contributed by atoms with E-state index in [1.54, 1.807) is 11.1 Å². The number of ether oxygens (including phenoxy) is 1. The van der Waals surface area contributed by atoms with Crippen molar-refractivity contribution in [1.29, 1.82) is 0 Å². The molecule has 2 aromatic rings. The van der Waals surface area contributed by atoms with Gasteiger partial charge in [-0.2, -0.15) is 4.98 Å². The fraction of sp³-hybridized carbons (Fsp3) is 0.421. The topological polar surface area (TPSA) is 70.6 Å². The van der Waals surface area contributed by atoms with Crippen LogP contribution in [0.1, 0.15) is 19.4 Å². The SMILES string of the molecule is CCOC(=O)N1CCN(c2ccnc(Nc3ccccc3CC)n2)CC1. The second-order valence-electron chi connectivity index (χ2n) is 6.05. The molecule has 3 rings (SSSR count). The van der Waals surface area contributed by atoms with Crippen molar-refractivity contribution in [3.63, 3.8) is 0 Å². The van der Waals surface area contributed by atoms with Gasteiger partial charge in [0.25, 0.3) is 0 Å². The Morgan fingerprint density at radius 1 is 1.15 bits per heavy atom. The first-order valence-electron chi connectivity index (χ1n) is 9.06. The Labute approximate surface area is 154 Å². The molecule has 1 amide bonds. The Morgan fingerprint density at radius 2 is 1.92 bits per heavy atom. The fourth-order valence-corrected chi connectivity index (χ4v) is 2.99. The summed E-state index contributed by atoms with van der Waals surface area (Å²) >= 11 is 0. The molecule has 0 unspecified atom stereocenters. The molecule has 1 aliphatic rings. The van der Waals surface area contributed by atoms with Crippen LogP contribution in [-0.4, -0.2) is 53.7 Å². The minimum atomic E-state index is -0.242. The van der Waals surface area contributed by atoms with Crippen molar-refractivity contribution in [3.05, 3.63) is 42.1 Å². The lowest BCUT2D eigenvalue weighted by molar-refractivity contribution is 0.105. The lowest BCUT2D eigenvalue weighted by Gasteiger charge is -2.34. The molecule has 1 aromatic carbocycles. The molecule has 0 saturated carbocycles. The number of hydrogen-bond donors (Lipinski definition) is 1. The number of aromatic nitrogens is 2. The van der Waals surface area contributed by atoms with E-state index in [1.165, 1.54) is 5.56 Å². The first kappa shape index (κ1) is 18.0. The predicted molar refractivity (Wildman–Crippen MR) is 102 cm³/mol. The van der Waals surface area contributed by atoms with Crippen molar-refractivity contribution in [2.24, 2.45) is 0 Å². The van der Waals surface area contributed by atoms with Gasteiger partial charge in [0, 0.05) is 38.1 Å². The molecule has 1 aromatic heterocycles. The van der Waals surface area contributed by atoms with Crippen LogP contribution in [0.3, 0.4) is 0 Å². The van der Waals surface area contributed by atoms with Crippen LogP contribution < -0.4 is 10.2 Å². The maximum atomic E-state index is 11.8. The third-order valence-corrected chi connectivity index (χ3v) is 4.42. The Hall–Kier alpha value is -2.83. The van der Waals surface area contributed by atoms with Gasteiger partial charge >= 0.3 is 6.09 Å². The summed E-state index contributed by atoms with van der Waals surface area (Å²) in [6.45, 7) is 7.05. The van der Waals surface area contributed by atoms with Crippen molar-refractivity contribution < 1.29 is 9.53 Å². The summed E-state index contributed by atoms with van der Waals surface area (Å²) in [5.41, 5.74) is 2.25. The highest BCUT2D eigenvalue weighted by molar-refractivity contribution is 5.68. The summed E-state index contributed by atoms with van der Waals surface area (Å²) in [4.78, 5) is 24.7. The highest BCUT2D eigenvalue weighted by Crippen LogP contribution is 2.21. The molecule has 0 atom stereocenters. The molecular formula is C19H25N5O2. The van der Waals surface area contributed by atoms with Gasteiger partial charge in [0.15, 0.2) is 0 Å². The van der Waals surface area contributed by atoms with Gasteiger partial charge in [-0.15, -0.1) is 0 Å². The second kappa shape index (κ2) is 8.51. The quantitative estimate of drug-likeness (QED) is 0.889. The normalized spacial score (nSPS) is 14.2. The van der Waals surface area contributed by atoms with Crippen molar-refractivity contribution >= 4 is 23.5 Å². The summed E-state index contributed by atoms with van der Waals surface area (Å²) in [5, 5.41) is 3.31. The number of benzene rings is 1. The lowest BCUT2D eigenvalue weighted by Crippen LogP contribution is -2.49. The standard InChI is InChI=1S/C19H25N5O2/c1-3-15-7-5-6-8-16(15)21-18-20-10-9-17(22-18)23-11-13-24(14-12-23)19(25)26-4-2/h5-10H,3-4,11-14H2,1-2H3,(H,20,21,22). The minimum Gasteiger partial charge on any atom is -0.450 e. The zero-order valence-electron chi connectivity index (χ0n) is 15.3. The van der Waals surface area contributed by atoms with E-state index < -0.39 is 0 Å². The average Bonchev–Trinajstić information content (AvgIpc) is 2.69. The van der Waals surface area contributed by atoms with Crippen LogP contribution in [-0.2, 0) is 11.2 Å². The monoisotopic (exact) mass is 355 g/mol. The third kappa shape index (κ3) is 4.22. The van der Waals surface area contributed by atoms with Gasteiger partial charge in [-0.25, -0.2) is 9.78 Å². The van der Waals surface area contributed by atoms with Gasteiger partial charge in [0.1, 0.15) is 5.82 Å². The van der Waals surface area contributed by atoms with Crippen LogP contribution in [0.4, 0.5) is 22.2 Å². The molecule has 0 radical (unpaired) electrons. The molecule has 26 heavy (non-hydrogen) atoms. The summed E-state index contributed by atoms with van der Waals surface area (Å²) in [6, 6.07) is 10.1. The average molecular weight is 355 g/mol. The van der Waals surface area contributed by atoms with Crippen LogP contribution >= 0.6 is 0 Å². The molecule has 0 bridgehead atoms. The van der Waals surface area contributed by atoms with Crippen molar-refractivity contribution in [3.8, 4) is 0 Å². The van der Waals surface area contributed by atoms with E-state index in [-0.39, 0.29) is 6.09 Å². The first-order valence-corrected chi connectivity index (χ1v) is 9.06. The van der Waals surface area contributed by atoms with E-state index in [2.05, 4.69) is 33.2 Å². The second-order valence-corrected chi connectivity index (χ2v) is 6.05. The van der Waals surface area contributed by atoms with E-state index in [1.807, 2.05) is 31.2 Å². The smallest absolute Gasteiger partial charge is 0.409 e. The zero-order valence-corrected chi connectivity index (χ0v) is 15.3. The molecule has 2 heterocycles. The molecule has 138 valence electrons. The molecule has 7 heteroatoms. The van der Waals surface area contributed by atoms with Crippen molar-refractivity contribution in [2.75, 3.05) is 43.0 Å². The lowest BCUT2D eigenvalue weighted by atomic mass is 10.1. The molecule has 1 fully saturated rings. The largest absolute Gasteiger partial charge is 0.450 e. The Bertz CT molecular complexity index is 744. The number of carbonyl (C=O) groups excluding carboxylic acids is 1. The predicted octanol–water partition coefficient (Wildman–Crippen LogP) is 3.06. The number of nitrogens with one attached hydrogen (secondary N) is 1. The van der Waals surface area contributed by atoms with E-state index in [4.69, 9.17) is 4.74 Å². The Balaban J connectivity index is 1.66. The number of hydrogen-bond acceptors (Lipinski definition) is 6. The molecule has 7 nitrogen and oxygen atoms in total. The maximum absolute atomic E-state index is 11.8. The summed E-state index contributed by atoms with van der Waals surface area (Å²) in [6.07, 6.45) is 2.46. The summed E-state index contributed by atoms with van der Waals surface area (Å²) in [7, 11) is 0. The van der Waals surface area contributed by atoms with Gasteiger partial charge in [-0.1, -0.05) is 25.1 Å². The number of anilines is 3. The molecule has 0 aliphatic carbocycles. The van der Waals surface area contributed by atoms with Crippen molar-refractivity contribution in [1.82, 2.24) is 14.9 Å². The Kier molecular flexibility index (Phi) is 5.88. The van der Waals surface area contributed by atoms with Gasteiger partial charge in [-0.05, 0) is 31.0 Å². The molecule has 1 aliphatic heterocycles. The number of nitrogens with zero attached hydrogens (tertiary/aromatic N) is 4. The van der Waals surface area contributed by atoms with Crippen LogP contribution in [0.5, 0.6) is 0 Å². The van der Waals surface area contributed by atoms with Crippen LogP contribution in [0, 0.1) is 0 Å². The summed E-state index contributed by atoms with van der Waals surface area (Å²) < 4.78 is 5.06. The highest BCUT2D eigenvalue weighted by Gasteiger charge is 2.22. The van der Waals surface area contributed by atoms with Crippen LogP contribution in [0.15, 0.2) is 36.5 Å². The van der Waals surface area contributed by atoms with Gasteiger partial charge in [0.05, 0.1) is 6.61 Å². The third-order valence-electron chi connectivity index (χ3n) is 4.42.